The third-order valence-corrected chi connectivity index (χ3v) is 7.76. The molecule has 2 aliphatic rings. The number of hydrogen-bond donors (Lipinski definition) is 2. The molecule has 0 aliphatic heterocycles. The van der Waals surface area contributed by atoms with Crippen molar-refractivity contribution in [1.82, 2.24) is 0 Å². The number of fused-ring (bicyclic) bond motifs is 2. The summed E-state index contributed by atoms with van der Waals surface area (Å²) in [7, 11) is 1.45. The van der Waals surface area contributed by atoms with Crippen LogP contribution >= 0.6 is 11.6 Å². The molecular formula is C27H32ClNO3. The van der Waals surface area contributed by atoms with Gasteiger partial charge >= 0.3 is 5.97 Å². The molecule has 1 spiro atoms. The summed E-state index contributed by atoms with van der Waals surface area (Å²) < 4.78 is 5.26. The maximum Gasteiger partial charge on any atom is 0.331 e. The van der Waals surface area contributed by atoms with E-state index in [1.165, 1.54) is 23.8 Å². The number of halogens is 1. The monoisotopic (exact) mass is 453 g/mol. The number of ether oxygens (including phenoxy) is 1. The van der Waals surface area contributed by atoms with Crippen molar-refractivity contribution in [3.05, 3.63) is 70.3 Å². The molecule has 0 radical (unpaired) electrons. The van der Waals surface area contributed by atoms with Crippen molar-refractivity contribution in [1.29, 1.82) is 0 Å². The Balaban J connectivity index is 1.66. The van der Waals surface area contributed by atoms with Gasteiger partial charge in [-0.3, -0.25) is 0 Å². The maximum atomic E-state index is 13.0. The van der Waals surface area contributed by atoms with Gasteiger partial charge in [0, 0.05) is 16.1 Å². The summed E-state index contributed by atoms with van der Waals surface area (Å²) in [5, 5.41) is 14.3. The Morgan fingerprint density at radius 1 is 1.12 bits per heavy atom. The van der Waals surface area contributed by atoms with Crippen LogP contribution in [0.2, 0.25) is 5.02 Å². The number of methoxy groups -OCH3 is 1. The third kappa shape index (κ3) is 4.06. The van der Waals surface area contributed by atoms with Crippen LogP contribution in [0.25, 0.3) is 6.08 Å². The van der Waals surface area contributed by atoms with Crippen molar-refractivity contribution in [2.45, 2.75) is 63.0 Å². The lowest BCUT2D eigenvalue weighted by atomic mass is 9.61. The van der Waals surface area contributed by atoms with Crippen LogP contribution in [0.4, 0.5) is 5.69 Å². The average Bonchev–Trinajstić information content (AvgIpc) is 3.07. The van der Waals surface area contributed by atoms with E-state index < -0.39 is 5.54 Å². The molecule has 2 aliphatic carbocycles. The zero-order chi connectivity index (χ0) is 22.9. The molecule has 1 fully saturated rings. The van der Waals surface area contributed by atoms with E-state index in [-0.39, 0.29) is 23.4 Å². The molecule has 2 aromatic rings. The van der Waals surface area contributed by atoms with E-state index in [4.69, 9.17) is 16.3 Å². The van der Waals surface area contributed by atoms with Gasteiger partial charge in [-0.1, -0.05) is 60.5 Å². The van der Waals surface area contributed by atoms with Crippen molar-refractivity contribution < 1.29 is 14.6 Å². The van der Waals surface area contributed by atoms with E-state index in [2.05, 4.69) is 42.6 Å². The first-order valence-corrected chi connectivity index (χ1v) is 11.8. The zero-order valence-electron chi connectivity index (χ0n) is 19.0. The van der Waals surface area contributed by atoms with Gasteiger partial charge in [0.15, 0.2) is 0 Å². The molecular weight excluding hydrogens is 422 g/mol. The number of benzene rings is 2. The summed E-state index contributed by atoms with van der Waals surface area (Å²) in [6, 6.07) is 16.0. The molecule has 2 atom stereocenters. The van der Waals surface area contributed by atoms with E-state index in [9.17, 15) is 9.90 Å². The predicted molar refractivity (Wildman–Crippen MR) is 130 cm³/mol. The largest absolute Gasteiger partial charge is 0.467 e. The number of anilines is 1. The number of allylic oxidation sites excluding steroid dienone is 1. The van der Waals surface area contributed by atoms with Gasteiger partial charge in [-0.05, 0) is 74.3 Å². The summed E-state index contributed by atoms with van der Waals surface area (Å²) in [5.41, 5.74) is 3.90. The molecule has 5 heteroatoms. The zero-order valence-corrected chi connectivity index (χ0v) is 19.8. The molecule has 4 rings (SSSR count). The molecule has 0 aromatic heterocycles. The fraction of sp³-hybridized carbons (Fsp3) is 0.444. The highest BCUT2D eigenvalue weighted by molar-refractivity contribution is 6.30. The topological polar surface area (TPSA) is 58.6 Å². The first kappa shape index (κ1) is 22.9. The van der Waals surface area contributed by atoms with Gasteiger partial charge in [0.25, 0.3) is 0 Å². The van der Waals surface area contributed by atoms with Crippen LogP contribution < -0.4 is 5.32 Å². The third-order valence-electron chi connectivity index (χ3n) is 7.53. The van der Waals surface area contributed by atoms with E-state index in [0.29, 0.717) is 17.9 Å². The number of rotatable bonds is 6. The Morgan fingerprint density at radius 2 is 1.84 bits per heavy atom. The van der Waals surface area contributed by atoms with Gasteiger partial charge in [-0.15, -0.1) is 0 Å². The van der Waals surface area contributed by atoms with E-state index in [0.717, 1.165) is 24.9 Å². The van der Waals surface area contributed by atoms with Crippen molar-refractivity contribution in [2.24, 2.45) is 5.92 Å². The van der Waals surface area contributed by atoms with Crippen LogP contribution in [0.5, 0.6) is 0 Å². The standard InChI is InChI=1S/C27H32ClNO3/c1-18(19(2)30)15-21-16-20-7-4-5-10-24(20)26(21)11-13-27(14-12-26,25(31)32-3)29-23-9-6-8-22(28)17-23/h4-10,16-19,29-30H,11-15H2,1-3H3. The first-order valence-electron chi connectivity index (χ1n) is 11.4. The fourth-order valence-corrected chi connectivity index (χ4v) is 5.63. The van der Waals surface area contributed by atoms with Gasteiger partial charge in [0.1, 0.15) is 5.54 Å². The molecule has 170 valence electrons. The number of nitrogens with one attached hydrogen (secondary N) is 1. The number of carbonyl (C=O) groups is 1. The number of aliphatic hydroxyl groups excluding tert-OH is 1. The molecule has 2 unspecified atom stereocenters. The van der Waals surface area contributed by atoms with Crippen molar-refractivity contribution in [2.75, 3.05) is 12.4 Å². The number of hydrogen-bond acceptors (Lipinski definition) is 4. The average molecular weight is 454 g/mol. The van der Waals surface area contributed by atoms with Crippen LogP contribution in [0.1, 0.15) is 57.1 Å². The van der Waals surface area contributed by atoms with E-state index in [1.54, 1.807) is 0 Å². The van der Waals surface area contributed by atoms with Crippen LogP contribution in [-0.4, -0.2) is 29.8 Å². The Labute approximate surface area is 195 Å². The molecule has 2 N–H and O–H groups in total. The van der Waals surface area contributed by atoms with Gasteiger partial charge < -0.3 is 15.2 Å². The SMILES string of the molecule is COC(=O)C1(Nc2cccc(Cl)c2)CCC2(CC1)C(CC(C)C(C)O)=Cc1ccccc12. The summed E-state index contributed by atoms with van der Waals surface area (Å²) >= 11 is 6.19. The molecule has 0 heterocycles. The second-order valence-electron chi connectivity index (χ2n) is 9.47. The highest BCUT2D eigenvalue weighted by Crippen LogP contribution is 2.55. The highest BCUT2D eigenvalue weighted by Gasteiger charge is 2.52. The Kier molecular flexibility index (Phi) is 6.37. The highest BCUT2D eigenvalue weighted by atomic mass is 35.5. The molecule has 0 saturated heterocycles. The lowest BCUT2D eigenvalue weighted by molar-refractivity contribution is -0.147. The summed E-state index contributed by atoms with van der Waals surface area (Å²) in [6.45, 7) is 3.96. The number of aliphatic hydroxyl groups is 1. The molecule has 2 aromatic carbocycles. The van der Waals surface area contributed by atoms with E-state index in [1.807, 2.05) is 31.2 Å². The van der Waals surface area contributed by atoms with Crippen LogP contribution in [0.15, 0.2) is 54.1 Å². The quantitative estimate of drug-likeness (QED) is 0.528. The minimum Gasteiger partial charge on any atom is -0.467 e. The number of carbonyl (C=O) groups excluding carboxylic acids is 1. The van der Waals surface area contributed by atoms with Crippen LogP contribution in [-0.2, 0) is 14.9 Å². The lowest BCUT2D eigenvalue weighted by Crippen LogP contribution is -2.52. The van der Waals surface area contributed by atoms with E-state index >= 15 is 0 Å². The van der Waals surface area contributed by atoms with Gasteiger partial charge in [-0.2, -0.15) is 0 Å². The summed E-state index contributed by atoms with van der Waals surface area (Å²) in [5.74, 6) is -0.0641. The van der Waals surface area contributed by atoms with Gasteiger partial charge in [0.2, 0.25) is 0 Å². The van der Waals surface area contributed by atoms with Crippen LogP contribution in [0, 0.1) is 5.92 Å². The first-order chi connectivity index (χ1) is 15.3. The minimum absolute atomic E-state index is 0.104. The second kappa shape index (κ2) is 8.92. The normalized spacial score (nSPS) is 26.2. The summed E-state index contributed by atoms with van der Waals surface area (Å²) in [4.78, 5) is 13.0. The molecule has 32 heavy (non-hydrogen) atoms. The fourth-order valence-electron chi connectivity index (χ4n) is 5.44. The molecule has 0 bridgehead atoms. The lowest BCUT2D eigenvalue weighted by Gasteiger charge is -2.46. The van der Waals surface area contributed by atoms with Crippen molar-refractivity contribution in [3.63, 3.8) is 0 Å². The van der Waals surface area contributed by atoms with Gasteiger partial charge in [-0.25, -0.2) is 4.79 Å². The van der Waals surface area contributed by atoms with Crippen molar-refractivity contribution >= 4 is 29.3 Å². The Bertz CT molecular complexity index is 1020. The predicted octanol–water partition coefficient (Wildman–Crippen LogP) is 5.98. The molecule has 1 saturated carbocycles. The smallest absolute Gasteiger partial charge is 0.331 e. The molecule has 4 nitrogen and oxygen atoms in total. The Hall–Kier alpha value is -2.30. The minimum atomic E-state index is -0.788. The number of esters is 1. The van der Waals surface area contributed by atoms with Gasteiger partial charge in [0.05, 0.1) is 13.2 Å². The maximum absolute atomic E-state index is 13.0. The second-order valence-corrected chi connectivity index (χ2v) is 9.91. The van der Waals surface area contributed by atoms with Crippen LogP contribution in [0.3, 0.4) is 0 Å². The van der Waals surface area contributed by atoms with Crippen molar-refractivity contribution in [3.8, 4) is 0 Å². The molecule has 0 amide bonds. The Morgan fingerprint density at radius 3 is 2.50 bits per heavy atom. The summed E-state index contributed by atoms with van der Waals surface area (Å²) in [6.07, 6.45) is 5.78.